The van der Waals surface area contributed by atoms with E-state index in [4.69, 9.17) is 9.47 Å². The second-order valence-corrected chi connectivity index (χ2v) is 6.16. The molecule has 0 saturated carbocycles. The van der Waals surface area contributed by atoms with E-state index in [9.17, 15) is 18.8 Å². The Morgan fingerprint density at radius 1 is 1.17 bits per heavy atom. The fourth-order valence-corrected chi connectivity index (χ4v) is 2.91. The molecule has 0 atom stereocenters. The molecular formula is C22H19FN2O5. The molecule has 0 aliphatic carbocycles. The van der Waals surface area contributed by atoms with Gasteiger partial charge in [0.2, 0.25) is 5.43 Å². The summed E-state index contributed by atoms with van der Waals surface area (Å²) in [5.41, 5.74) is -0.169. The summed E-state index contributed by atoms with van der Waals surface area (Å²) in [5.74, 6) is -2.21. The van der Waals surface area contributed by atoms with Crippen molar-refractivity contribution >= 4 is 34.6 Å². The van der Waals surface area contributed by atoms with Gasteiger partial charge in [-0.25, -0.2) is 14.0 Å². The van der Waals surface area contributed by atoms with Crippen molar-refractivity contribution in [2.24, 2.45) is 0 Å². The Kier molecular flexibility index (Phi) is 6.36. The SMILES string of the molecule is CCOC(=O)/C(=C\c1cccnc1)n1cc(C(=O)OCC)c(=O)c2cc(F)ccc21. The Bertz CT molecular complexity index is 1190. The van der Waals surface area contributed by atoms with Crippen LogP contribution in [0.1, 0.15) is 29.8 Å². The van der Waals surface area contributed by atoms with E-state index in [2.05, 4.69) is 4.98 Å². The van der Waals surface area contributed by atoms with Crippen LogP contribution in [0.4, 0.5) is 4.39 Å². The summed E-state index contributed by atoms with van der Waals surface area (Å²) in [6.07, 6.45) is 5.83. The number of hydrogen-bond donors (Lipinski definition) is 0. The zero-order valence-electron chi connectivity index (χ0n) is 16.4. The second-order valence-electron chi connectivity index (χ2n) is 6.16. The first-order valence-corrected chi connectivity index (χ1v) is 9.27. The number of carbonyl (C=O) groups excluding carboxylic acids is 2. The van der Waals surface area contributed by atoms with E-state index in [1.54, 1.807) is 32.2 Å². The van der Waals surface area contributed by atoms with Gasteiger partial charge in [-0.2, -0.15) is 0 Å². The topological polar surface area (TPSA) is 87.5 Å². The molecule has 3 aromatic rings. The van der Waals surface area contributed by atoms with Crippen LogP contribution in [0, 0.1) is 5.82 Å². The third kappa shape index (κ3) is 4.27. The Balaban J connectivity index is 2.35. The van der Waals surface area contributed by atoms with Crippen molar-refractivity contribution in [3.8, 4) is 0 Å². The van der Waals surface area contributed by atoms with Gasteiger partial charge in [0.05, 0.1) is 18.7 Å². The molecule has 0 N–H and O–H groups in total. The number of ether oxygens (including phenoxy) is 2. The lowest BCUT2D eigenvalue weighted by Crippen LogP contribution is -2.23. The van der Waals surface area contributed by atoms with Gasteiger partial charge in [-0.1, -0.05) is 6.07 Å². The maximum atomic E-state index is 13.9. The average molecular weight is 410 g/mol. The van der Waals surface area contributed by atoms with Gasteiger partial charge < -0.3 is 14.0 Å². The highest BCUT2D eigenvalue weighted by atomic mass is 19.1. The van der Waals surface area contributed by atoms with E-state index in [-0.39, 0.29) is 35.4 Å². The molecule has 0 fully saturated rings. The molecule has 1 aromatic carbocycles. The maximum Gasteiger partial charge on any atom is 0.355 e. The molecule has 0 radical (unpaired) electrons. The number of hydrogen-bond acceptors (Lipinski definition) is 6. The van der Waals surface area contributed by atoms with Crippen molar-refractivity contribution in [2.75, 3.05) is 13.2 Å². The average Bonchev–Trinajstić information content (AvgIpc) is 2.74. The smallest absolute Gasteiger partial charge is 0.355 e. The molecule has 0 spiro atoms. The van der Waals surface area contributed by atoms with Gasteiger partial charge in [0.1, 0.15) is 17.1 Å². The second kappa shape index (κ2) is 9.13. The minimum atomic E-state index is -0.869. The zero-order chi connectivity index (χ0) is 21.7. The number of esters is 2. The molecule has 2 heterocycles. The molecule has 0 bridgehead atoms. The largest absolute Gasteiger partial charge is 0.462 e. The highest BCUT2D eigenvalue weighted by molar-refractivity contribution is 6.17. The lowest BCUT2D eigenvalue weighted by atomic mass is 10.1. The van der Waals surface area contributed by atoms with E-state index < -0.39 is 23.2 Å². The van der Waals surface area contributed by atoms with Crippen LogP contribution in [0.15, 0.2) is 53.7 Å². The fraction of sp³-hybridized carbons (Fsp3) is 0.182. The minimum Gasteiger partial charge on any atom is -0.462 e. The number of rotatable bonds is 6. The molecule has 7 nitrogen and oxygen atoms in total. The Morgan fingerprint density at radius 2 is 1.93 bits per heavy atom. The standard InChI is InChI=1S/C22H19FN2O5/c1-3-29-21(27)17-13-25(18-8-7-15(23)11-16(18)20(17)26)19(22(28)30-4-2)10-14-6-5-9-24-12-14/h5-13H,3-4H2,1-2H3/b19-10+. The number of nitrogens with zero attached hydrogens (tertiary/aromatic N) is 2. The summed E-state index contributed by atoms with van der Waals surface area (Å²) in [4.78, 5) is 41.9. The van der Waals surface area contributed by atoms with Gasteiger partial charge >= 0.3 is 11.9 Å². The van der Waals surface area contributed by atoms with E-state index in [0.717, 1.165) is 12.1 Å². The summed E-state index contributed by atoms with van der Waals surface area (Å²) in [6.45, 7) is 3.42. The number of pyridine rings is 2. The first-order valence-electron chi connectivity index (χ1n) is 9.27. The highest BCUT2D eigenvalue weighted by Crippen LogP contribution is 2.21. The number of benzene rings is 1. The monoisotopic (exact) mass is 410 g/mol. The summed E-state index contributed by atoms with van der Waals surface area (Å²) in [5, 5.41) is -0.0676. The Hall–Kier alpha value is -3.81. The third-order valence-corrected chi connectivity index (χ3v) is 4.19. The van der Waals surface area contributed by atoms with Crippen LogP contribution < -0.4 is 5.43 Å². The number of halogens is 1. The Morgan fingerprint density at radius 3 is 2.60 bits per heavy atom. The predicted molar refractivity (Wildman–Crippen MR) is 109 cm³/mol. The molecular weight excluding hydrogens is 391 g/mol. The van der Waals surface area contributed by atoms with Crippen LogP contribution in [0.3, 0.4) is 0 Å². The van der Waals surface area contributed by atoms with Crippen molar-refractivity contribution in [2.45, 2.75) is 13.8 Å². The van der Waals surface area contributed by atoms with Crippen molar-refractivity contribution < 1.29 is 23.5 Å². The van der Waals surface area contributed by atoms with Crippen LogP contribution >= 0.6 is 0 Å². The predicted octanol–water partition coefficient (Wildman–Crippen LogP) is 3.27. The summed E-state index contributed by atoms with van der Waals surface area (Å²) < 4.78 is 25.3. The van der Waals surface area contributed by atoms with Crippen molar-refractivity contribution in [1.82, 2.24) is 9.55 Å². The van der Waals surface area contributed by atoms with Crippen molar-refractivity contribution in [3.05, 3.63) is 76.1 Å². The lowest BCUT2D eigenvalue weighted by molar-refractivity contribution is -0.136. The van der Waals surface area contributed by atoms with Gasteiger partial charge in [0, 0.05) is 24.0 Å². The molecule has 0 amide bonds. The van der Waals surface area contributed by atoms with Crippen molar-refractivity contribution in [3.63, 3.8) is 0 Å². The van der Waals surface area contributed by atoms with Gasteiger partial charge in [-0.15, -0.1) is 0 Å². The molecule has 0 saturated heterocycles. The maximum absolute atomic E-state index is 13.9. The number of aromatic nitrogens is 2. The molecule has 2 aromatic heterocycles. The zero-order valence-corrected chi connectivity index (χ0v) is 16.4. The fourth-order valence-electron chi connectivity index (χ4n) is 2.91. The Labute approximate surface area is 171 Å². The third-order valence-electron chi connectivity index (χ3n) is 4.19. The highest BCUT2D eigenvalue weighted by Gasteiger charge is 2.22. The first kappa shape index (κ1) is 20.9. The molecule has 8 heteroatoms. The van der Waals surface area contributed by atoms with Gasteiger partial charge in [-0.3, -0.25) is 9.78 Å². The van der Waals surface area contributed by atoms with Gasteiger partial charge in [-0.05, 0) is 49.8 Å². The molecule has 0 aliphatic rings. The van der Waals surface area contributed by atoms with E-state index in [1.165, 1.54) is 29.1 Å². The van der Waals surface area contributed by atoms with Gasteiger partial charge in [0.25, 0.3) is 0 Å². The van der Waals surface area contributed by atoms with Crippen LogP contribution in [-0.2, 0) is 14.3 Å². The van der Waals surface area contributed by atoms with Crippen LogP contribution in [-0.4, -0.2) is 34.7 Å². The molecule has 154 valence electrons. The van der Waals surface area contributed by atoms with Crippen LogP contribution in [0.2, 0.25) is 0 Å². The van der Waals surface area contributed by atoms with E-state index >= 15 is 0 Å². The minimum absolute atomic E-state index is 0.0204. The quantitative estimate of drug-likeness (QED) is 0.458. The first-order chi connectivity index (χ1) is 14.5. The molecule has 0 unspecified atom stereocenters. The normalized spacial score (nSPS) is 11.4. The number of carbonyl (C=O) groups is 2. The summed E-state index contributed by atoms with van der Waals surface area (Å²) in [7, 11) is 0. The molecule has 0 aliphatic heterocycles. The molecule has 30 heavy (non-hydrogen) atoms. The van der Waals surface area contributed by atoms with Crippen LogP contribution in [0.5, 0.6) is 0 Å². The number of fused-ring (bicyclic) bond motifs is 1. The van der Waals surface area contributed by atoms with Crippen molar-refractivity contribution in [1.29, 1.82) is 0 Å². The van der Waals surface area contributed by atoms with Crippen LogP contribution in [0.25, 0.3) is 22.7 Å². The van der Waals surface area contributed by atoms with E-state index in [1.807, 2.05) is 0 Å². The summed E-state index contributed by atoms with van der Waals surface area (Å²) in [6, 6.07) is 6.95. The molecule has 3 rings (SSSR count). The van der Waals surface area contributed by atoms with Gasteiger partial charge in [0.15, 0.2) is 0 Å². The lowest BCUT2D eigenvalue weighted by Gasteiger charge is -2.16. The summed E-state index contributed by atoms with van der Waals surface area (Å²) >= 11 is 0. The van der Waals surface area contributed by atoms with E-state index in [0.29, 0.717) is 5.56 Å².